The quantitative estimate of drug-likeness (QED) is 0.876. The molecule has 0 aliphatic rings. The number of fused-ring (bicyclic) bond motifs is 1. The van der Waals surface area contributed by atoms with E-state index in [-0.39, 0.29) is 5.69 Å². The normalized spacial score (nSPS) is 11.7. The van der Waals surface area contributed by atoms with E-state index in [0.717, 1.165) is 11.8 Å². The minimum atomic E-state index is -3.34. The lowest BCUT2D eigenvalue weighted by molar-refractivity contribution is 0.0687. The predicted molar refractivity (Wildman–Crippen MR) is 68.3 cm³/mol. The van der Waals surface area contributed by atoms with E-state index in [0.29, 0.717) is 11.1 Å². The lowest BCUT2D eigenvalue weighted by Gasteiger charge is -2.04. The zero-order valence-electron chi connectivity index (χ0n) is 9.84. The number of carbonyl (C=O) groups is 1. The average molecular weight is 268 g/mol. The lowest BCUT2D eigenvalue weighted by atomic mass is 10.2. The van der Waals surface area contributed by atoms with E-state index >= 15 is 0 Å². The summed E-state index contributed by atoms with van der Waals surface area (Å²) < 4.78 is 26.1. The number of benzene rings is 1. The minimum absolute atomic E-state index is 0.154. The number of carboxylic acids is 1. The first-order valence-corrected chi connectivity index (χ1v) is 6.97. The highest BCUT2D eigenvalue weighted by Crippen LogP contribution is 2.23. The zero-order chi connectivity index (χ0) is 13.5. The summed E-state index contributed by atoms with van der Waals surface area (Å²) in [6, 6.07) is 6.37. The lowest BCUT2D eigenvalue weighted by Crippen LogP contribution is -2.09. The van der Waals surface area contributed by atoms with Gasteiger partial charge < -0.3 is 9.67 Å². The summed E-state index contributed by atoms with van der Waals surface area (Å²) in [7, 11) is -1.69. The summed E-state index contributed by atoms with van der Waals surface area (Å²) in [5, 5.41) is 9.66. The standard InChI is InChI=1S/C11H12N2O4S/c1-13-9-4-3-8(12-18(2,16)17)5-7(9)6-10(13)11(14)15/h3-6,12H,1-2H3,(H,14,15). The van der Waals surface area contributed by atoms with Crippen molar-refractivity contribution in [1.29, 1.82) is 0 Å². The smallest absolute Gasteiger partial charge is 0.352 e. The number of sulfonamides is 1. The van der Waals surface area contributed by atoms with Gasteiger partial charge in [0.05, 0.1) is 6.26 Å². The molecule has 0 aliphatic carbocycles. The van der Waals surface area contributed by atoms with E-state index in [2.05, 4.69) is 4.72 Å². The van der Waals surface area contributed by atoms with Gasteiger partial charge >= 0.3 is 5.97 Å². The van der Waals surface area contributed by atoms with Gasteiger partial charge in [0.25, 0.3) is 0 Å². The Balaban J connectivity index is 2.56. The summed E-state index contributed by atoms with van der Waals surface area (Å²) in [6.45, 7) is 0. The van der Waals surface area contributed by atoms with Gasteiger partial charge in [0.1, 0.15) is 5.69 Å². The van der Waals surface area contributed by atoms with Crippen molar-refractivity contribution in [2.24, 2.45) is 7.05 Å². The largest absolute Gasteiger partial charge is 0.477 e. The van der Waals surface area contributed by atoms with E-state index in [9.17, 15) is 13.2 Å². The van der Waals surface area contributed by atoms with Crippen LogP contribution in [0.3, 0.4) is 0 Å². The number of carboxylic acid groups (broad SMARTS) is 1. The van der Waals surface area contributed by atoms with Crippen LogP contribution in [-0.4, -0.2) is 30.3 Å². The van der Waals surface area contributed by atoms with E-state index in [1.807, 2.05) is 0 Å². The van der Waals surface area contributed by atoms with Crippen LogP contribution in [0.1, 0.15) is 10.5 Å². The van der Waals surface area contributed by atoms with Crippen LogP contribution in [-0.2, 0) is 17.1 Å². The molecule has 96 valence electrons. The van der Waals surface area contributed by atoms with Crippen molar-refractivity contribution >= 4 is 32.6 Å². The van der Waals surface area contributed by atoms with Crippen LogP contribution in [0.5, 0.6) is 0 Å². The number of hydrogen-bond acceptors (Lipinski definition) is 3. The number of rotatable bonds is 3. The van der Waals surface area contributed by atoms with Gasteiger partial charge in [0.15, 0.2) is 0 Å². The number of nitrogens with zero attached hydrogens (tertiary/aromatic N) is 1. The average Bonchev–Trinajstić information content (AvgIpc) is 2.53. The molecule has 2 N–H and O–H groups in total. The van der Waals surface area contributed by atoms with Gasteiger partial charge in [-0.15, -0.1) is 0 Å². The molecule has 0 unspecified atom stereocenters. The van der Waals surface area contributed by atoms with Crippen LogP contribution in [0.15, 0.2) is 24.3 Å². The van der Waals surface area contributed by atoms with Crippen LogP contribution >= 0.6 is 0 Å². The molecule has 1 heterocycles. The Morgan fingerprint density at radius 1 is 1.33 bits per heavy atom. The molecule has 0 saturated carbocycles. The van der Waals surface area contributed by atoms with Crippen LogP contribution in [0.4, 0.5) is 5.69 Å². The molecule has 7 heteroatoms. The number of aromatic nitrogens is 1. The van der Waals surface area contributed by atoms with Crippen molar-refractivity contribution in [3.05, 3.63) is 30.0 Å². The first kappa shape index (κ1) is 12.4. The van der Waals surface area contributed by atoms with E-state index in [1.165, 1.54) is 6.07 Å². The Bertz CT molecular complexity index is 731. The van der Waals surface area contributed by atoms with E-state index in [1.54, 1.807) is 29.8 Å². The maximum Gasteiger partial charge on any atom is 0.352 e. The van der Waals surface area contributed by atoms with Gasteiger partial charge in [0.2, 0.25) is 10.0 Å². The molecule has 2 aromatic rings. The monoisotopic (exact) mass is 268 g/mol. The number of nitrogens with one attached hydrogen (secondary N) is 1. The molecule has 0 amide bonds. The number of aryl methyl sites for hydroxylation is 1. The molecule has 18 heavy (non-hydrogen) atoms. The summed E-state index contributed by atoms with van der Waals surface area (Å²) >= 11 is 0. The van der Waals surface area contributed by atoms with Gasteiger partial charge in [-0.3, -0.25) is 4.72 Å². The molecule has 0 saturated heterocycles. The molecular weight excluding hydrogens is 256 g/mol. The first-order chi connectivity index (χ1) is 8.28. The highest BCUT2D eigenvalue weighted by atomic mass is 32.2. The second-order valence-corrected chi connectivity index (χ2v) is 5.79. The highest BCUT2D eigenvalue weighted by Gasteiger charge is 2.12. The summed E-state index contributed by atoms with van der Waals surface area (Å²) in [5.41, 5.74) is 1.29. The van der Waals surface area contributed by atoms with Crippen molar-refractivity contribution in [3.63, 3.8) is 0 Å². The van der Waals surface area contributed by atoms with Crippen molar-refractivity contribution in [2.45, 2.75) is 0 Å². The number of hydrogen-bond donors (Lipinski definition) is 2. The summed E-state index contributed by atoms with van der Waals surface area (Å²) in [5.74, 6) is -1.02. The Labute approximate surface area is 104 Å². The van der Waals surface area contributed by atoms with Crippen molar-refractivity contribution < 1.29 is 18.3 Å². The molecule has 0 aliphatic heterocycles. The van der Waals surface area contributed by atoms with Crippen LogP contribution in [0.2, 0.25) is 0 Å². The van der Waals surface area contributed by atoms with Gasteiger partial charge in [-0.25, -0.2) is 13.2 Å². The van der Waals surface area contributed by atoms with Gasteiger partial charge in [-0.1, -0.05) is 0 Å². The first-order valence-electron chi connectivity index (χ1n) is 5.08. The number of anilines is 1. The van der Waals surface area contributed by atoms with Crippen LogP contribution in [0.25, 0.3) is 10.9 Å². The SMILES string of the molecule is Cn1c(C(=O)O)cc2cc(NS(C)(=O)=O)ccc21. The van der Waals surface area contributed by atoms with Gasteiger partial charge in [0, 0.05) is 23.6 Å². The fourth-order valence-electron chi connectivity index (χ4n) is 1.83. The van der Waals surface area contributed by atoms with Crippen LogP contribution in [0, 0.1) is 0 Å². The summed E-state index contributed by atoms with van der Waals surface area (Å²) in [6.07, 6.45) is 1.06. The van der Waals surface area contributed by atoms with Crippen molar-refractivity contribution in [1.82, 2.24) is 4.57 Å². The van der Waals surface area contributed by atoms with Crippen molar-refractivity contribution in [3.8, 4) is 0 Å². The maximum absolute atomic E-state index is 11.1. The van der Waals surface area contributed by atoms with E-state index < -0.39 is 16.0 Å². The highest BCUT2D eigenvalue weighted by molar-refractivity contribution is 7.92. The molecule has 0 fully saturated rings. The fraction of sp³-hybridized carbons (Fsp3) is 0.182. The maximum atomic E-state index is 11.1. The Morgan fingerprint density at radius 2 is 2.00 bits per heavy atom. The topological polar surface area (TPSA) is 88.4 Å². The third-order valence-electron chi connectivity index (χ3n) is 2.56. The van der Waals surface area contributed by atoms with Gasteiger partial charge in [-0.2, -0.15) is 0 Å². The zero-order valence-corrected chi connectivity index (χ0v) is 10.7. The Hall–Kier alpha value is -2.02. The molecule has 0 atom stereocenters. The molecule has 0 bridgehead atoms. The molecule has 0 spiro atoms. The molecule has 1 aromatic carbocycles. The fourth-order valence-corrected chi connectivity index (χ4v) is 2.39. The third-order valence-corrected chi connectivity index (χ3v) is 3.17. The third kappa shape index (κ3) is 2.30. The second-order valence-electron chi connectivity index (χ2n) is 4.04. The predicted octanol–water partition coefficient (Wildman–Crippen LogP) is 1.25. The molecule has 6 nitrogen and oxygen atoms in total. The number of aromatic carboxylic acids is 1. The Morgan fingerprint density at radius 3 is 2.56 bits per heavy atom. The van der Waals surface area contributed by atoms with Gasteiger partial charge in [-0.05, 0) is 24.3 Å². The second kappa shape index (κ2) is 4.02. The summed E-state index contributed by atoms with van der Waals surface area (Å²) in [4.78, 5) is 11.0. The molecule has 2 rings (SSSR count). The molecular formula is C11H12N2O4S. The minimum Gasteiger partial charge on any atom is -0.477 e. The van der Waals surface area contributed by atoms with Crippen molar-refractivity contribution in [2.75, 3.05) is 11.0 Å². The molecule has 0 radical (unpaired) electrons. The van der Waals surface area contributed by atoms with E-state index in [4.69, 9.17) is 5.11 Å². The molecule has 1 aromatic heterocycles. The van der Waals surface area contributed by atoms with Crippen LogP contribution < -0.4 is 4.72 Å². The Kier molecular flexibility index (Phi) is 2.78.